The lowest BCUT2D eigenvalue weighted by atomic mass is 9.97. The first kappa shape index (κ1) is 15.8. The van der Waals surface area contributed by atoms with Crippen LogP contribution in [0.2, 0.25) is 5.02 Å². The first-order chi connectivity index (χ1) is 10.0. The van der Waals surface area contributed by atoms with Crippen molar-refractivity contribution in [3.8, 4) is 5.75 Å². The highest BCUT2D eigenvalue weighted by Gasteiger charge is 2.20. The minimum atomic E-state index is -0.420. The van der Waals surface area contributed by atoms with Gasteiger partial charge in [0.1, 0.15) is 11.6 Å². The van der Waals surface area contributed by atoms with Crippen LogP contribution in [0.5, 0.6) is 5.75 Å². The van der Waals surface area contributed by atoms with Gasteiger partial charge in [0.05, 0.1) is 17.2 Å². The van der Waals surface area contributed by atoms with E-state index in [-0.39, 0.29) is 17.2 Å². The van der Waals surface area contributed by atoms with Crippen molar-refractivity contribution in [3.05, 3.63) is 64.4 Å². The van der Waals surface area contributed by atoms with Crippen molar-refractivity contribution in [3.63, 3.8) is 0 Å². The van der Waals surface area contributed by atoms with Crippen LogP contribution < -0.4 is 10.1 Å². The topological polar surface area (TPSA) is 21.3 Å². The van der Waals surface area contributed by atoms with Crippen molar-refractivity contribution in [2.24, 2.45) is 0 Å². The largest absolute Gasteiger partial charge is 0.491 e. The monoisotopic (exact) mass is 307 g/mol. The summed E-state index contributed by atoms with van der Waals surface area (Å²) in [6.07, 6.45) is 0.0617. The zero-order valence-corrected chi connectivity index (χ0v) is 13.1. The fourth-order valence-electron chi connectivity index (χ4n) is 2.30. The highest BCUT2D eigenvalue weighted by molar-refractivity contribution is 6.31. The summed E-state index contributed by atoms with van der Waals surface area (Å²) in [6.45, 7) is 3.95. The molecular weight excluding hydrogens is 289 g/mol. The van der Waals surface area contributed by atoms with Crippen LogP contribution in [0.3, 0.4) is 0 Å². The van der Waals surface area contributed by atoms with Crippen LogP contribution in [-0.2, 0) is 0 Å². The molecule has 1 unspecified atom stereocenters. The van der Waals surface area contributed by atoms with Gasteiger partial charge in [0.2, 0.25) is 0 Å². The van der Waals surface area contributed by atoms with Crippen molar-refractivity contribution < 1.29 is 9.13 Å². The predicted molar refractivity (Wildman–Crippen MR) is 84.5 cm³/mol. The SMILES string of the molecule is CNC(c1ccccc1OC(C)C)c1cccc(F)c1Cl. The molecule has 2 nitrogen and oxygen atoms in total. The highest BCUT2D eigenvalue weighted by atomic mass is 35.5. The molecule has 0 bridgehead atoms. The Morgan fingerprint density at radius 3 is 2.38 bits per heavy atom. The Balaban J connectivity index is 2.49. The van der Waals surface area contributed by atoms with Gasteiger partial charge in [0.15, 0.2) is 0 Å². The lowest BCUT2D eigenvalue weighted by Gasteiger charge is -2.22. The van der Waals surface area contributed by atoms with Crippen LogP contribution in [-0.4, -0.2) is 13.2 Å². The number of nitrogens with one attached hydrogen (secondary N) is 1. The molecule has 21 heavy (non-hydrogen) atoms. The average Bonchev–Trinajstić information content (AvgIpc) is 2.45. The van der Waals surface area contributed by atoms with Crippen LogP contribution in [0.4, 0.5) is 4.39 Å². The van der Waals surface area contributed by atoms with E-state index in [1.165, 1.54) is 6.07 Å². The van der Waals surface area contributed by atoms with Crippen LogP contribution in [0.25, 0.3) is 0 Å². The van der Waals surface area contributed by atoms with Crippen LogP contribution in [0, 0.1) is 5.82 Å². The average molecular weight is 308 g/mol. The van der Waals surface area contributed by atoms with Crippen molar-refractivity contribution in [2.45, 2.75) is 26.0 Å². The molecule has 0 aliphatic rings. The van der Waals surface area contributed by atoms with Gasteiger partial charge in [-0.1, -0.05) is 41.9 Å². The third-order valence-electron chi connectivity index (χ3n) is 3.17. The molecule has 1 atom stereocenters. The van der Waals surface area contributed by atoms with Gasteiger partial charge in [-0.15, -0.1) is 0 Å². The standard InChI is InChI=1S/C17H19ClFNO/c1-11(2)21-15-10-5-4-7-12(15)17(20-3)13-8-6-9-14(19)16(13)18/h4-11,17,20H,1-3H3. The molecule has 2 aromatic rings. The fraction of sp³-hybridized carbons (Fsp3) is 0.294. The van der Waals surface area contributed by atoms with E-state index in [2.05, 4.69) is 5.32 Å². The smallest absolute Gasteiger partial charge is 0.142 e. The maximum Gasteiger partial charge on any atom is 0.142 e. The molecule has 0 aromatic heterocycles. The second-order valence-corrected chi connectivity index (χ2v) is 5.45. The molecule has 112 valence electrons. The molecule has 0 fully saturated rings. The van der Waals surface area contributed by atoms with Gasteiger partial charge in [0.25, 0.3) is 0 Å². The third-order valence-corrected chi connectivity index (χ3v) is 3.57. The molecule has 2 rings (SSSR count). The zero-order valence-electron chi connectivity index (χ0n) is 12.4. The number of para-hydroxylation sites is 1. The van der Waals surface area contributed by atoms with Crippen molar-refractivity contribution in [2.75, 3.05) is 7.05 Å². The Morgan fingerprint density at radius 1 is 1.05 bits per heavy atom. The third kappa shape index (κ3) is 3.55. The van der Waals surface area contributed by atoms with Gasteiger partial charge in [-0.25, -0.2) is 4.39 Å². The Labute approximate surface area is 129 Å². The molecule has 0 saturated carbocycles. The lowest BCUT2D eigenvalue weighted by Crippen LogP contribution is -2.20. The highest BCUT2D eigenvalue weighted by Crippen LogP contribution is 2.34. The van der Waals surface area contributed by atoms with Gasteiger partial charge < -0.3 is 10.1 Å². The van der Waals surface area contributed by atoms with E-state index in [0.29, 0.717) is 5.56 Å². The van der Waals surface area contributed by atoms with E-state index in [1.54, 1.807) is 6.07 Å². The molecule has 0 spiro atoms. The van der Waals surface area contributed by atoms with Gasteiger partial charge in [-0.2, -0.15) is 0 Å². The van der Waals surface area contributed by atoms with Gasteiger partial charge >= 0.3 is 0 Å². The molecule has 0 aliphatic carbocycles. The Hall–Kier alpha value is -1.58. The van der Waals surface area contributed by atoms with Crippen molar-refractivity contribution >= 4 is 11.6 Å². The van der Waals surface area contributed by atoms with Crippen LogP contribution >= 0.6 is 11.6 Å². The molecule has 0 heterocycles. The van der Waals surface area contributed by atoms with E-state index in [1.807, 2.05) is 51.2 Å². The second-order valence-electron chi connectivity index (χ2n) is 5.07. The van der Waals surface area contributed by atoms with E-state index >= 15 is 0 Å². The number of ether oxygens (including phenoxy) is 1. The van der Waals surface area contributed by atoms with Crippen molar-refractivity contribution in [1.29, 1.82) is 0 Å². The maximum atomic E-state index is 13.7. The molecule has 4 heteroatoms. The Bertz CT molecular complexity index is 615. The molecular formula is C17H19ClFNO. The Kier molecular flexibility index (Phi) is 5.21. The van der Waals surface area contributed by atoms with Gasteiger partial charge in [-0.3, -0.25) is 0 Å². The number of hydrogen-bond donors (Lipinski definition) is 1. The van der Waals surface area contributed by atoms with E-state index in [0.717, 1.165) is 11.3 Å². The van der Waals surface area contributed by atoms with Gasteiger partial charge in [0, 0.05) is 5.56 Å². The zero-order chi connectivity index (χ0) is 15.4. The summed E-state index contributed by atoms with van der Waals surface area (Å²) < 4.78 is 19.6. The summed E-state index contributed by atoms with van der Waals surface area (Å²) in [6, 6.07) is 12.3. The van der Waals surface area contributed by atoms with Crippen LogP contribution in [0.1, 0.15) is 31.0 Å². The summed E-state index contributed by atoms with van der Waals surface area (Å²) >= 11 is 6.12. The molecule has 0 radical (unpaired) electrons. The van der Waals surface area contributed by atoms with Gasteiger partial charge in [-0.05, 0) is 38.6 Å². The molecule has 0 aliphatic heterocycles. The number of hydrogen-bond acceptors (Lipinski definition) is 2. The minimum absolute atomic E-state index is 0.0617. The van der Waals surface area contributed by atoms with Crippen LogP contribution in [0.15, 0.2) is 42.5 Å². The predicted octanol–water partition coefficient (Wildman–Crippen LogP) is 4.58. The quantitative estimate of drug-likeness (QED) is 0.873. The minimum Gasteiger partial charge on any atom is -0.491 e. The summed E-state index contributed by atoms with van der Waals surface area (Å²) in [5.41, 5.74) is 1.63. The first-order valence-electron chi connectivity index (χ1n) is 6.91. The lowest BCUT2D eigenvalue weighted by molar-refractivity contribution is 0.238. The maximum absolute atomic E-state index is 13.7. The van der Waals surface area contributed by atoms with E-state index in [9.17, 15) is 4.39 Å². The van der Waals surface area contributed by atoms with Crippen molar-refractivity contribution in [1.82, 2.24) is 5.32 Å². The number of rotatable bonds is 5. The summed E-state index contributed by atoms with van der Waals surface area (Å²) in [5, 5.41) is 3.32. The summed E-state index contributed by atoms with van der Waals surface area (Å²) in [7, 11) is 1.82. The fourth-order valence-corrected chi connectivity index (χ4v) is 2.54. The summed E-state index contributed by atoms with van der Waals surface area (Å²) in [4.78, 5) is 0. The molecule has 2 aromatic carbocycles. The number of benzene rings is 2. The molecule has 0 saturated heterocycles. The second kappa shape index (κ2) is 6.92. The molecule has 1 N–H and O–H groups in total. The normalized spacial score (nSPS) is 12.5. The Morgan fingerprint density at radius 2 is 1.71 bits per heavy atom. The first-order valence-corrected chi connectivity index (χ1v) is 7.29. The summed E-state index contributed by atoms with van der Waals surface area (Å²) in [5.74, 6) is 0.351. The van der Waals surface area contributed by atoms with E-state index in [4.69, 9.17) is 16.3 Å². The number of halogens is 2. The molecule has 0 amide bonds. The van der Waals surface area contributed by atoms with E-state index < -0.39 is 5.82 Å².